The van der Waals surface area contributed by atoms with Gasteiger partial charge in [0.05, 0.1) is 7.11 Å². The summed E-state index contributed by atoms with van der Waals surface area (Å²) in [5, 5.41) is 0. The van der Waals surface area contributed by atoms with Crippen molar-refractivity contribution >= 4 is 5.91 Å². The Morgan fingerprint density at radius 2 is 2.17 bits per heavy atom. The van der Waals surface area contributed by atoms with Gasteiger partial charge in [-0.05, 0) is 49.7 Å². The maximum atomic E-state index is 12.9. The molecule has 0 aromatic heterocycles. The summed E-state index contributed by atoms with van der Waals surface area (Å²) in [5.41, 5.74) is 1.06. The second-order valence-corrected chi connectivity index (χ2v) is 6.64. The molecule has 0 heterocycles. The molecule has 0 bridgehead atoms. The number of amides is 1. The summed E-state index contributed by atoms with van der Waals surface area (Å²) < 4.78 is 43.9. The number of hydrogen-bond donors (Lipinski definition) is 0. The summed E-state index contributed by atoms with van der Waals surface area (Å²) in [5.74, 6) is -0.964. The summed E-state index contributed by atoms with van der Waals surface area (Å²) >= 11 is 0. The second-order valence-electron chi connectivity index (χ2n) is 6.64. The highest BCUT2D eigenvalue weighted by atomic mass is 19.4. The predicted molar refractivity (Wildman–Crippen MR) is 81.6 cm³/mol. The van der Waals surface area contributed by atoms with Crippen molar-refractivity contribution < 1.29 is 22.7 Å². The van der Waals surface area contributed by atoms with Crippen molar-refractivity contribution in [1.82, 2.24) is 4.90 Å². The molecule has 2 rings (SSSR count). The number of methoxy groups -OCH3 is 1. The van der Waals surface area contributed by atoms with Crippen LogP contribution in [0.5, 0.6) is 0 Å². The minimum atomic E-state index is -4.81. The lowest BCUT2D eigenvalue weighted by atomic mass is 9.66. The standard InChI is InChI=1S/C17H24F3NO2/c1-4-9-21(15(22)17(18,19)20)13-5-7-16(2)8-6-14(23-3)11-12(16)10-13/h6,11,13H,4-5,7-10H2,1-3H3. The molecule has 0 aromatic carbocycles. The van der Waals surface area contributed by atoms with E-state index >= 15 is 0 Å². The van der Waals surface area contributed by atoms with Crippen molar-refractivity contribution in [1.29, 1.82) is 0 Å². The minimum absolute atomic E-state index is 0.0301. The number of halogens is 3. The molecule has 23 heavy (non-hydrogen) atoms. The van der Waals surface area contributed by atoms with Crippen LogP contribution in [0.3, 0.4) is 0 Å². The van der Waals surface area contributed by atoms with Crippen molar-refractivity contribution in [3.8, 4) is 0 Å². The molecule has 2 aliphatic carbocycles. The SMILES string of the molecule is CCCN(C(=O)C(F)(F)F)C1CCC2(C)CC=C(OC)C=C2C1. The number of ether oxygens (including phenoxy) is 1. The smallest absolute Gasteiger partial charge is 0.471 e. The van der Waals surface area contributed by atoms with Gasteiger partial charge in [0, 0.05) is 12.6 Å². The number of carbonyl (C=O) groups excluding carboxylic acids is 1. The Morgan fingerprint density at radius 3 is 2.74 bits per heavy atom. The Hall–Kier alpha value is -1.46. The lowest BCUT2D eigenvalue weighted by Crippen LogP contribution is -2.50. The molecule has 3 nitrogen and oxygen atoms in total. The van der Waals surface area contributed by atoms with Gasteiger partial charge in [0.2, 0.25) is 0 Å². The Kier molecular flexibility index (Phi) is 5.11. The van der Waals surface area contributed by atoms with E-state index in [1.807, 2.05) is 12.2 Å². The van der Waals surface area contributed by atoms with Gasteiger partial charge in [0.25, 0.3) is 0 Å². The zero-order chi connectivity index (χ0) is 17.3. The van der Waals surface area contributed by atoms with Gasteiger partial charge in [0.1, 0.15) is 5.76 Å². The first-order valence-electron chi connectivity index (χ1n) is 8.04. The molecule has 0 N–H and O–H groups in total. The lowest BCUT2D eigenvalue weighted by Gasteiger charge is -2.45. The third kappa shape index (κ3) is 3.72. The molecule has 2 atom stereocenters. The molecule has 0 spiro atoms. The number of allylic oxidation sites excluding steroid dienone is 2. The van der Waals surface area contributed by atoms with E-state index in [0.717, 1.165) is 29.1 Å². The van der Waals surface area contributed by atoms with Crippen molar-refractivity contribution in [2.45, 2.75) is 58.2 Å². The molecule has 6 heteroatoms. The molecule has 2 unspecified atom stereocenters. The van der Waals surface area contributed by atoms with Crippen LogP contribution in [0.25, 0.3) is 0 Å². The van der Waals surface area contributed by atoms with Gasteiger partial charge in [0.15, 0.2) is 0 Å². The Morgan fingerprint density at radius 1 is 1.48 bits per heavy atom. The van der Waals surface area contributed by atoms with E-state index in [1.165, 1.54) is 0 Å². The molecule has 1 fully saturated rings. The van der Waals surface area contributed by atoms with E-state index in [2.05, 4.69) is 6.92 Å². The van der Waals surface area contributed by atoms with Crippen LogP contribution in [0, 0.1) is 5.41 Å². The summed E-state index contributed by atoms with van der Waals surface area (Å²) in [6.45, 7) is 4.06. The van der Waals surface area contributed by atoms with Gasteiger partial charge in [-0.2, -0.15) is 13.2 Å². The van der Waals surface area contributed by atoms with Crippen molar-refractivity contribution in [3.63, 3.8) is 0 Å². The minimum Gasteiger partial charge on any atom is -0.497 e. The maximum absolute atomic E-state index is 12.9. The molecule has 0 aromatic rings. The van der Waals surface area contributed by atoms with Crippen molar-refractivity contribution in [2.75, 3.05) is 13.7 Å². The summed E-state index contributed by atoms with van der Waals surface area (Å²) in [6.07, 6.45) is 2.35. The number of nitrogens with zero attached hydrogens (tertiary/aromatic N) is 1. The Labute approximate surface area is 135 Å². The van der Waals surface area contributed by atoms with Crippen LogP contribution in [-0.4, -0.2) is 36.7 Å². The predicted octanol–water partition coefficient (Wildman–Crippen LogP) is 4.21. The van der Waals surface area contributed by atoms with Gasteiger partial charge >= 0.3 is 12.1 Å². The first-order valence-corrected chi connectivity index (χ1v) is 8.04. The molecule has 2 aliphatic rings. The number of fused-ring (bicyclic) bond motifs is 1. The zero-order valence-corrected chi connectivity index (χ0v) is 13.9. The average Bonchev–Trinajstić information content (AvgIpc) is 2.50. The first-order chi connectivity index (χ1) is 10.7. The monoisotopic (exact) mass is 331 g/mol. The van der Waals surface area contributed by atoms with Gasteiger partial charge < -0.3 is 9.64 Å². The zero-order valence-electron chi connectivity index (χ0n) is 13.9. The van der Waals surface area contributed by atoms with E-state index < -0.39 is 12.1 Å². The van der Waals surface area contributed by atoms with Gasteiger partial charge in [-0.3, -0.25) is 4.79 Å². The quantitative estimate of drug-likeness (QED) is 0.772. The van der Waals surface area contributed by atoms with Crippen molar-refractivity contribution in [2.24, 2.45) is 5.41 Å². The third-order valence-electron chi connectivity index (χ3n) is 4.97. The second kappa shape index (κ2) is 6.57. The van der Waals surface area contributed by atoms with E-state index in [1.54, 1.807) is 14.0 Å². The highest BCUT2D eigenvalue weighted by molar-refractivity contribution is 5.82. The first kappa shape index (κ1) is 17.9. The maximum Gasteiger partial charge on any atom is 0.471 e. The number of alkyl halides is 3. The Bertz CT molecular complexity index is 524. The van der Waals surface area contributed by atoms with E-state index in [9.17, 15) is 18.0 Å². The number of carbonyl (C=O) groups is 1. The van der Waals surface area contributed by atoms with E-state index in [4.69, 9.17) is 4.74 Å². The molecule has 0 radical (unpaired) electrons. The van der Waals surface area contributed by atoms with Crippen LogP contribution in [0.15, 0.2) is 23.5 Å². The molecular formula is C17H24F3NO2. The van der Waals surface area contributed by atoms with Crippen LogP contribution < -0.4 is 0 Å². The number of hydrogen-bond acceptors (Lipinski definition) is 2. The molecule has 130 valence electrons. The van der Waals surface area contributed by atoms with Gasteiger partial charge in [-0.25, -0.2) is 0 Å². The van der Waals surface area contributed by atoms with Crippen LogP contribution in [-0.2, 0) is 9.53 Å². The van der Waals surface area contributed by atoms with Crippen LogP contribution in [0.2, 0.25) is 0 Å². The summed E-state index contributed by atoms with van der Waals surface area (Å²) in [7, 11) is 1.59. The van der Waals surface area contributed by atoms with Gasteiger partial charge in [-0.1, -0.05) is 19.4 Å². The normalized spacial score (nSPS) is 27.7. The number of rotatable bonds is 4. The molecule has 0 aliphatic heterocycles. The fourth-order valence-electron chi connectivity index (χ4n) is 3.53. The van der Waals surface area contributed by atoms with E-state index in [0.29, 0.717) is 19.3 Å². The summed E-state index contributed by atoms with van der Waals surface area (Å²) in [6, 6.07) is -0.389. The summed E-state index contributed by atoms with van der Waals surface area (Å²) in [4.78, 5) is 12.8. The van der Waals surface area contributed by atoms with Crippen LogP contribution in [0.4, 0.5) is 13.2 Å². The molecular weight excluding hydrogens is 307 g/mol. The van der Waals surface area contributed by atoms with Crippen molar-refractivity contribution in [3.05, 3.63) is 23.5 Å². The van der Waals surface area contributed by atoms with Crippen LogP contribution in [0.1, 0.15) is 46.0 Å². The third-order valence-corrected chi connectivity index (χ3v) is 4.97. The lowest BCUT2D eigenvalue weighted by molar-refractivity contribution is -0.188. The molecule has 0 saturated heterocycles. The molecule has 1 amide bonds. The van der Waals surface area contributed by atoms with Gasteiger partial charge in [-0.15, -0.1) is 0 Å². The Balaban J connectivity index is 2.22. The van der Waals surface area contributed by atoms with Crippen LogP contribution >= 0.6 is 0 Å². The fourth-order valence-corrected chi connectivity index (χ4v) is 3.53. The molecule has 1 saturated carbocycles. The topological polar surface area (TPSA) is 29.5 Å². The largest absolute Gasteiger partial charge is 0.497 e. The fraction of sp³-hybridized carbons (Fsp3) is 0.706. The highest BCUT2D eigenvalue weighted by Gasteiger charge is 2.46. The average molecular weight is 331 g/mol. The highest BCUT2D eigenvalue weighted by Crippen LogP contribution is 2.47. The van der Waals surface area contributed by atoms with E-state index in [-0.39, 0.29) is 18.0 Å².